The molecule has 0 spiro atoms. The van der Waals surface area contributed by atoms with Crippen molar-refractivity contribution in [2.24, 2.45) is 0 Å². The van der Waals surface area contributed by atoms with Gasteiger partial charge in [-0.25, -0.2) is 12.8 Å². The van der Waals surface area contributed by atoms with Crippen LogP contribution in [0.15, 0.2) is 47.4 Å². The van der Waals surface area contributed by atoms with E-state index in [0.717, 1.165) is 12.1 Å². The Hall–Kier alpha value is -2.49. The van der Waals surface area contributed by atoms with Gasteiger partial charge in [-0.15, -0.1) is 0 Å². The zero-order chi connectivity index (χ0) is 21.3. The van der Waals surface area contributed by atoms with E-state index in [9.17, 15) is 17.6 Å². The molecule has 2 N–H and O–H groups in total. The molecule has 0 bridgehead atoms. The Balaban J connectivity index is 2.00. The summed E-state index contributed by atoms with van der Waals surface area (Å²) in [7, 11) is -2.33. The zero-order valence-corrected chi connectivity index (χ0v) is 17.2. The van der Waals surface area contributed by atoms with E-state index in [0.29, 0.717) is 38.3 Å². The van der Waals surface area contributed by atoms with Crippen molar-refractivity contribution < 1.29 is 27.1 Å². The molecule has 2 aromatic carbocycles. The lowest BCUT2D eigenvalue weighted by molar-refractivity contribution is 0.0688. The number of methoxy groups -OCH3 is 1. The number of nitrogens with one attached hydrogen (secondary N) is 2. The van der Waals surface area contributed by atoms with Crippen molar-refractivity contribution >= 4 is 21.6 Å². The van der Waals surface area contributed by atoms with Crippen molar-refractivity contribution in [1.82, 2.24) is 5.32 Å². The summed E-state index contributed by atoms with van der Waals surface area (Å²) in [6.07, 6.45) is 0.624. The van der Waals surface area contributed by atoms with Crippen LogP contribution >= 0.6 is 0 Å². The minimum Gasteiger partial charge on any atom is -0.382 e. The van der Waals surface area contributed by atoms with Gasteiger partial charge in [0.1, 0.15) is 5.82 Å². The zero-order valence-electron chi connectivity index (χ0n) is 16.4. The largest absolute Gasteiger partial charge is 0.382 e. The molecule has 0 fully saturated rings. The standard InChI is InChI=1S/C20H25FN2O5S/c1-15-4-9-18(29(25,26)23-17-7-5-16(21)6-8-17)14-19(15)20(24)22-10-3-11-28-13-12-27-2/h4-9,14,23H,3,10-13H2,1-2H3,(H,22,24). The van der Waals surface area contributed by atoms with E-state index in [1.807, 2.05) is 0 Å². The van der Waals surface area contributed by atoms with E-state index < -0.39 is 15.8 Å². The number of aryl methyl sites for hydroxylation is 1. The first-order chi connectivity index (χ1) is 13.8. The van der Waals surface area contributed by atoms with Crippen LogP contribution in [0.25, 0.3) is 0 Å². The Morgan fingerprint density at radius 3 is 2.48 bits per heavy atom. The number of hydrogen-bond donors (Lipinski definition) is 2. The van der Waals surface area contributed by atoms with Crippen LogP contribution in [0, 0.1) is 12.7 Å². The molecule has 158 valence electrons. The number of carbonyl (C=O) groups is 1. The Kier molecular flexibility index (Phi) is 8.56. The molecule has 0 heterocycles. The topological polar surface area (TPSA) is 93.7 Å². The van der Waals surface area contributed by atoms with E-state index in [1.54, 1.807) is 20.1 Å². The van der Waals surface area contributed by atoms with Crippen LogP contribution < -0.4 is 10.0 Å². The number of halogens is 1. The SMILES string of the molecule is COCCOCCCNC(=O)c1cc(S(=O)(=O)Nc2ccc(F)cc2)ccc1C. The minimum absolute atomic E-state index is 0.0551. The fraction of sp³-hybridized carbons (Fsp3) is 0.350. The average molecular weight is 424 g/mol. The third-order valence-electron chi connectivity index (χ3n) is 4.04. The average Bonchev–Trinajstić information content (AvgIpc) is 2.69. The Bertz CT molecular complexity index is 917. The fourth-order valence-corrected chi connectivity index (χ4v) is 3.55. The van der Waals surface area contributed by atoms with Crippen molar-refractivity contribution in [2.75, 3.05) is 38.2 Å². The predicted molar refractivity (Wildman–Crippen MR) is 108 cm³/mol. The van der Waals surface area contributed by atoms with Crippen LogP contribution in [0.1, 0.15) is 22.3 Å². The number of rotatable bonds is 11. The van der Waals surface area contributed by atoms with Gasteiger partial charge in [-0.3, -0.25) is 9.52 Å². The first-order valence-electron chi connectivity index (χ1n) is 9.07. The van der Waals surface area contributed by atoms with E-state index in [-0.39, 0.29) is 22.1 Å². The number of amides is 1. The van der Waals surface area contributed by atoms with Gasteiger partial charge in [0.05, 0.1) is 18.1 Å². The van der Waals surface area contributed by atoms with Crippen LogP contribution in [-0.2, 0) is 19.5 Å². The van der Waals surface area contributed by atoms with E-state index in [1.165, 1.54) is 24.3 Å². The molecule has 0 saturated carbocycles. The van der Waals surface area contributed by atoms with Crippen molar-refractivity contribution in [3.05, 3.63) is 59.4 Å². The molecule has 0 saturated heterocycles. The molecule has 0 radical (unpaired) electrons. The quantitative estimate of drug-likeness (QED) is 0.541. The summed E-state index contributed by atoms with van der Waals surface area (Å²) >= 11 is 0. The Morgan fingerprint density at radius 1 is 1.07 bits per heavy atom. The van der Waals surface area contributed by atoms with Crippen LogP contribution in [0.5, 0.6) is 0 Å². The summed E-state index contributed by atoms with van der Waals surface area (Å²) in [5.74, 6) is -0.829. The normalized spacial score (nSPS) is 11.3. The maximum absolute atomic E-state index is 13.0. The highest BCUT2D eigenvalue weighted by Crippen LogP contribution is 2.19. The molecule has 1 amide bonds. The lowest BCUT2D eigenvalue weighted by Gasteiger charge is -2.12. The van der Waals surface area contributed by atoms with Crippen LogP contribution in [0.3, 0.4) is 0 Å². The van der Waals surface area contributed by atoms with Crippen molar-refractivity contribution in [3.8, 4) is 0 Å². The van der Waals surface area contributed by atoms with E-state index >= 15 is 0 Å². The first kappa shape index (κ1) is 22.8. The van der Waals surface area contributed by atoms with Gasteiger partial charge >= 0.3 is 0 Å². The maximum atomic E-state index is 13.0. The Morgan fingerprint density at radius 2 is 1.79 bits per heavy atom. The molecule has 2 rings (SSSR count). The van der Waals surface area contributed by atoms with Gasteiger partial charge in [0.2, 0.25) is 0 Å². The van der Waals surface area contributed by atoms with Crippen LogP contribution in [0.4, 0.5) is 10.1 Å². The number of sulfonamides is 1. The van der Waals surface area contributed by atoms with Crippen molar-refractivity contribution in [3.63, 3.8) is 0 Å². The van der Waals surface area contributed by atoms with Crippen molar-refractivity contribution in [2.45, 2.75) is 18.2 Å². The second-order valence-corrected chi connectivity index (χ2v) is 7.99. The lowest BCUT2D eigenvalue weighted by Crippen LogP contribution is -2.26. The Labute approximate surface area is 170 Å². The summed E-state index contributed by atoms with van der Waals surface area (Å²) in [6.45, 7) is 3.62. The lowest BCUT2D eigenvalue weighted by atomic mass is 10.1. The summed E-state index contributed by atoms with van der Waals surface area (Å²) in [5.41, 5.74) is 1.15. The molecule has 7 nitrogen and oxygen atoms in total. The molecule has 0 aromatic heterocycles. The van der Waals surface area contributed by atoms with Gasteiger partial charge < -0.3 is 14.8 Å². The molecule has 0 aliphatic heterocycles. The van der Waals surface area contributed by atoms with Gasteiger partial charge in [-0.05, 0) is 55.3 Å². The predicted octanol–water partition coefficient (Wildman–Crippen LogP) is 2.72. The number of benzene rings is 2. The second-order valence-electron chi connectivity index (χ2n) is 6.30. The molecule has 0 aliphatic carbocycles. The smallest absolute Gasteiger partial charge is 0.261 e. The number of ether oxygens (including phenoxy) is 2. The highest BCUT2D eigenvalue weighted by Gasteiger charge is 2.18. The summed E-state index contributed by atoms with van der Waals surface area (Å²) in [4.78, 5) is 12.4. The molecular formula is C20H25FN2O5S. The van der Waals surface area contributed by atoms with Crippen LogP contribution in [0.2, 0.25) is 0 Å². The molecule has 0 atom stereocenters. The van der Waals surface area contributed by atoms with Gasteiger partial charge in [0.15, 0.2) is 0 Å². The van der Waals surface area contributed by atoms with E-state index in [4.69, 9.17) is 9.47 Å². The van der Waals surface area contributed by atoms with Gasteiger partial charge in [0, 0.05) is 31.5 Å². The second kappa shape index (κ2) is 10.9. The maximum Gasteiger partial charge on any atom is 0.261 e. The molecule has 2 aromatic rings. The summed E-state index contributed by atoms with van der Waals surface area (Å²) < 4.78 is 50.8. The third kappa shape index (κ3) is 7.12. The monoisotopic (exact) mass is 424 g/mol. The third-order valence-corrected chi connectivity index (χ3v) is 5.42. The number of carbonyl (C=O) groups excluding carboxylic acids is 1. The van der Waals surface area contributed by atoms with Gasteiger partial charge in [-0.1, -0.05) is 6.07 Å². The summed E-state index contributed by atoms with van der Waals surface area (Å²) in [6, 6.07) is 9.28. The summed E-state index contributed by atoms with van der Waals surface area (Å²) in [5, 5.41) is 2.76. The fourth-order valence-electron chi connectivity index (χ4n) is 2.46. The number of anilines is 1. The van der Waals surface area contributed by atoms with Crippen LogP contribution in [-0.4, -0.2) is 47.8 Å². The minimum atomic E-state index is -3.92. The van der Waals surface area contributed by atoms with Crippen molar-refractivity contribution in [1.29, 1.82) is 0 Å². The molecule has 9 heteroatoms. The molecule has 0 unspecified atom stereocenters. The van der Waals surface area contributed by atoms with Gasteiger partial charge in [0.25, 0.3) is 15.9 Å². The first-order valence-corrected chi connectivity index (χ1v) is 10.6. The molecule has 29 heavy (non-hydrogen) atoms. The van der Waals surface area contributed by atoms with E-state index in [2.05, 4.69) is 10.0 Å². The highest BCUT2D eigenvalue weighted by atomic mass is 32.2. The highest BCUT2D eigenvalue weighted by molar-refractivity contribution is 7.92. The molecular weight excluding hydrogens is 399 g/mol. The molecule has 0 aliphatic rings. The number of hydrogen-bond acceptors (Lipinski definition) is 5. The van der Waals surface area contributed by atoms with Gasteiger partial charge in [-0.2, -0.15) is 0 Å².